The van der Waals surface area contributed by atoms with Gasteiger partial charge in [0.2, 0.25) is 10.0 Å². The van der Waals surface area contributed by atoms with Gasteiger partial charge >= 0.3 is 0 Å². The molecule has 2 unspecified atom stereocenters. The third-order valence-corrected chi connectivity index (χ3v) is 6.95. The van der Waals surface area contributed by atoms with E-state index in [9.17, 15) is 33.6 Å². The van der Waals surface area contributed by atoms with Gasteiger partial charge in [-0.05, 0) is 26.0 Å². The van der Waals surface area contributed by atoms with Crippen LogP contribution in [0, 0.1) is 6.92 Å². The first kappa shape index (κ1) is 26.8. The summed E-state index contributed by atoms with van der Waals surface area (Å²) in [5.74, 6) is -0.887. The summed E-state index contributed by atoms with van der Waals surface area (Å²) in [5.41, 5.74) is 3.26. The molecule has 35 heavy (non-hydrogen) atoms. The lowest BCUT2D eigenvalue weighted by Crippen LogP contribution is -2.51. The highest BCUT2D eigenvalue weighted by atomic mass is 32.2. The monoisotopic (exact) mass is 511 g/mol. The Bertz CT molecular complexity index is 1140. The fourth-order valence-corrected chi connectivity index (χ4v) is 4.76. The van der Waals surface area contributed by atoms with Crippen LogP contribution in [0.5, 0.6) is 0 Å². The Morgan fingerprint density at radius 2 is 1.91 bits per heavy atom. The van der Waals surface area contributed by atoms with Gasteiger partial charge < -0.3 is 25.7 Å². The Morgan fingerprint density at radius 3 is 2.51 bits per heavy atom. The molecule has 3 rings (SSSR count). The molecule has 0 spiro atoms. The molecule has 0 bridgehead atoms. The number of hydrazone groups is 1. The number of nitrogens with zero attached hydrogens (tertiary/aromatic N) is 4. The number of nitrogens with one attached hydrogen (secondary N) is 3. The van der Waals surface area contributed by atoms with E-state index >= 15 is 0 Å². The molecule has 192 valence electrons. The molecule has 1 aliphatic heterocycles. The molecular weight excluding hydrogens is 482 g/mol. The molecule has 1 aromatic carbocycles. The van der Waals surface area contributed by atoms with Crippen LogP contribution in [0.2, 0.25) is 0 Å². The Labute approximate surface area is 201 Å². The second kappa shape index (κ2) is 11.3. The van der Waals surface area contributed by atoms with Gasteiger partial charge in [0.15, 0.2) is 0 Å². The van der Waals surface area contributed by atoms with Crippen molar-refractivity contribution in [3.63, 3.8) is 0 Å². The van der Waals surface area contributed by atoms with Crippen molar-refractivity contribution in [3.05, 3.63) is 41.7 Å². The van der Waals surface area contributed by atoms with Crippen LogP contribution in [0.25, 0.3) is 0 Å². The van der Waals surface area contributed by atoms with Crippen LogP contribution >= 0.6 is 0 Å². The number of carbonyl (C=O) groups is 1. The van der Waals surface area contributed by atoms with Crippen molar-refractivity contribution < 1.29 is 33.6 Å². The summed E-state index contributed by atoms with van der Waals surface area (Å²) in [6, 6.07) is 3.28. The van der Waals surface area contributed by atoms with Crippen molar-refractivity contribution in [1.82, 2.24) is 30.5 Å². The second-order valence-corrected chi connectivity index (χ2v) is 10.0. The van der Waals surface area contributed by atoms with E-state index in [1.54, 1.807) is 19.1 Å². The Morgan fingerprint density at radius 1 is 1.26 bits per heavy atom. The lowest BCUT2D eigenvalue weighted by Gasteiger charge is -2.19. The van der Waals surface area contributed by atoms with Crippen LogP contribution in [-0.4, -0.2) is 99.0 Å². The number of rotatable bonds is 10. The summed E-state index contributed by atoms with van der Waals surface area (Å²) in [7, 11) is -4.07. The molecule has 1 saturated heterocycles. The summed E-state index contributed by atoms with van der Waals surface area (Å²) in [6.45, 7) is 2.88. The van der Waals surface area contributed by atoms with Crippen LogP contribution in [0.4, 0.5) is 0 Å². The van der Waals surface area contributed by atoms with E-state index in [0.717, 1.165) is 5.56 Å². The first-order valence-electron chi connectivity index (χ1n) is 10.7. The van der Waals surface area contributed by atoms with E-state index in [-0.39, 0.29) is 23.7 Å². The lowest BCUT2D eigenvalue weighted by molar-refractivity contribution is -0.124. The zero-order chi connectivity index (χ0) is 25.8. The molecule has 0 radical (unpaired) electrons. The standard InChI is InChI=1S/C20H29N7O7S/c1-11-3-5-14(6-4-11)35(33,34)25-17(12(2)29)20(32)24-21-7-13-8-27(26-23-13)9-15-18(30)19(31)16(10-28)22-15/h3-8,12,15-19,22,25,28-31H,9-10H2,1-2H3,(H,24,32)/b21-7+/t12?,15-,16-,17?,18-,19-/m1/s1. The quantitative estimate of drug-likeness (QED) is 0.125. The van der Waals surface area contributed by atoms with Crippen molar-refractivity contribution in [2.75, 3.05) is 6.61 Å². The highest BCUT2D eigenvalue weighted by Crippen LogP contribution is 2.15. The molecule has 2 aromatic rings. The molecule has 0 saturated carbocycles. The van der Waals surface area contributed by atoms with E-state index in [2.05, 4.69) is 30.9 Å². The van der Waals surface area contributed by atoms with Crippen LogP contribution in [0.3, 0.4) is 0 Å². The van der Waals surface area contributed by atoms with Gasteiger partial charge in [0.25, 0.3) is 5.91 Å². The van der Waals surface area contributed by atoms with Crippen LogP contribution in [-0.2, 0) is 21.4 Å². The van der Waals surface area contributed by atoms with Gasteiger partial charge in [0.1, 0.15) is 11.7 Å². The third-order valence-electron chi connectivity index (χ3n) is 5.49. The smallest absolute Gasteiger partial charge is 0.260 e. The van der Waals surface area contributed by atoms with Gasteiger partial charge in [-0.2, -0.15) is 9.82 Å². The molecule has 0 aliphatic carbocycles. The molecule has 1 amide bonds. The van der Waals surface area contributed by atoms with E-state index in [1.165, 1.54) is 36.1 Å². The predicted octanol–water partition coefficient (Wildman–Crippen LogP) is -3.18. The van der Waals surface area contributed by atoms with E-state index in [1.807, 2.05) is 0 Å². The molecular formula is C20H29N7O7S. The van der Waals surface area contributed by atoms with E-state index in [0.29, 0.717) is 0 Å². The zero-order valence-electron chi connectivity index (χ0n) is 19.1. The fourth-order valence-electron chi connectivity index (χ4n) is 3.49. The maximum Gasteiger partial charge on any atom is 0.260 e. The van der Waals surface area contributed by atoms with E-state index < -0.39 is 52.4 Å². The number of aliphatic hydroxyl groups is 4. The molecule has 2 heterocycles. The average molecular weight is 512 g/mol. The van der Waals surface area contributed by atoms with Crippen molar-refractivity contribution in [2.24, 2.45) is 5.10 Å². The number of sulfonamides is 1. The minimum absolute atomic E-state index is 0.0543. The Balaban J connectivity index is 1.58. The lowest BCUT2D eigenvalue weighted by atomic mass is 10.1. The Hall–Kier alpha value is -2.79. The Kier molecular flexibility index (Phi) is 8.65. The normalized spacial score (nSPS) is 24.5. The summed E-state index contributed by atoms with van der Waals surface area (Å²) in [5, 5.41) is 53.5. The fraction of sp³-hybridized carbons (Fsp3) is 0.500. The third kappa shape index (κ3) is 6.66. The van der Waals surface area contributed by atoms with Crippen molar-refractivity contribution in [3.8, 4) is 0 Å². The summed E-state index contributed by atoms with van der Waals surface area (Å²) in [4.78, 5) is 12.4. The molecule has 1 fully saturated rings. The van der Waals surface area contributed by atoms with Gasteiger partial charge in [-0.3, -0.25) is 9.48 Å². The molecule has 15 heteroatoms. The number of carbonyl (C=O) groups excluding carboxylic acids is 1. The van der Waals surface area contributed by atoms with Gasteiger partial charge in [-0.1, -0.05) is 22.9 Å². The number of hydrogen-bond donors (Lipinski definition) is 7. The second-order valence-electron chi connectivity index (χ2n) is 8.30. The highest BCUT2D eigenvalue weighted by Gasteiger charge is 2.40. The first-order chi connectivity index (χ1) is 16.5. The topological polar surface area (TPSA) is 211 Å². The van der Waals surface area contributed by atoms with Crippen LogP contribution in [0.15, 0.2) is 40.5 Å². The number of aryl methyl sites for hydroxylation is 1. The number of benzene rings is 1. The van der Waals surface area contributed by atoms with Crippen LogP contribution in [0.1, 0.15) is 18.2 Å². The minimum Gasteiger partial charge on any atom is -0.395 e. The summed E-state index contributed by atoms with van der Waals surface area (Å²) < 4.78 is 28.7. The van der Waals surface area contributed by atoms with E-state index in [4.69, 9.17) is 0 Å². The van der Waals surface area contributed by atoms with Crippen LogP contribution < -0.4 is 15.5 Å². The first-order valence-corrected chi connectivity index (χ1v) is 12.2. The molecule has 6 atom stereocenters. The molecule has 7 N–H and O–H groups in total. The number of hydrogen-bond acceptors (Lipinski definition) is 11. The average Bonchev–Trinajstić information content (AvgIpc) is 3.36. The molecule has 1 aromatic heterocycles. The molecule has 1 aliphatic rings. The van der Waals surface area contributed by atoms with Crippen molar-refractivity contribution in [2.45, 2.75) is 61.7 Å². The number of aliphatic hydroxyl groups excluding tert-OH is 4. The van der Waals surface area contributed by atoms with Gasteiger partial charge in [0, 0.05) is 0 Å². The maximum absolute atomic E-state index is 12.6. The maximum atomic E-state index is 12.6. The largest absolute Gasteiger partial charge is 0.395 e. The van der Waals surface area contributed by atoms with Gasteiger partial charge in [0.05, 0.1) is 60.9 Å². The summed E-state index contributed by atoms with van der Waals surface area (Å²) >= 11 is 0. The van der Waals surface area contributed by atoms with Crippen molar-refractivity contribution in [1.29, 1.82) is 0 Å². The molecule has 14 nitrogen and oxygen atoms in total. The minimum atomic E-state index is -4.07. The summed E-state index contributed by atoms with van der Waals surface area (Å²) in [6.07, 6.45) is -0.938. The predicted molar refractivity (Wildman–Crippen MR) is 123 cm³/mol. The number of amides is 1. The van der Waals surface area contributed by atoms with Gasteiger partial charge in [-0.25, -0.2) is 13.8 Å². The van der Waals surface area contributed by atoms with Crippen molar-refractivity contribution >= 4 is 22.1 Å². The highest BCUT2D eigenvalue weighted by molar-refractivity contribution is 7.89. The number of aromatic nitrogens is 3. The SMILES string of the molecule is Cc1ccc(S(=O)(=O)NC(C(=O)N/N=C/c2cn(C[C@H]3N[C@H](CO)[C@@H](O)[C@@H]3O)nn2)C(C)O)cc1. The van der Waals surface area contributed by atoms with Gasteiger partial charge in [-0.15, -0.1) is 5.10 Å². The zero-order valence-corrected chi connectivity index (χ0v) is 19.9.